The smallest absolute Gasteiger partial charge is 0.223 e. The Morgan fingerprint density at radius 3 is 2.86 bits per heavy atom. The van der Waals surface area contributed by atoms with Gasteiger partial charge in [0.2, 0.25) is 5.91 Å². The fourth-order valence-corrected chi connectivity index (χ4v) is 3.04. The van der Waals surface area contributed by atoms with Gasteiger partial charge in [0.25, 0.3) is 0 Å². The van der Waals surface area contributed by atoms with Crippen LogP contribution in [0.4, 0.5) is 0 Å². The molecule has 0 aliphatic carbocycles. The third-order valence-electron chi connectivity index (χ3n) is 3.57. The molecule has 1 aliphatic rings. The van der Waals surface area contributed by atoms with Gasteiger partial charge in [-0.05, 0) is 23.1 Å². The van der Waals surface area contributed by atoms with Gasteiger partial charge in [-0.15, -0.1) is 0 Å². The third kappa shape index (κ3) is 4.25. The van der Waals surface area contributed by atoms with Crippen molar-refractivity contribution in [1.29, 1.82) is 0 Å². The second-order valence-electron chi connectivity index (χ2n) is 5.31. The van der Waals surface area contributed by atoms with Crippen molar-refractivity contribution in [3.05, 3.63) is 29.1 Å². The Morgan fingerprint density at radius 1 is 1.43 bits per heavy atom. The van der Waals surface area contributed by atoms with E-state index in [1.165, 1.54) is 5.56 Å². The van der Waals surface area contributed by atoms with E-state index in [2.05, 4.69) is 4.98 Å². The number of carbonyl (C=O) groups is 1. The van der Waals surface area contributed by atoms with Gasteiger partial charge < -0.3 is 9.64 Å². The van der Waals surface area contributed by atoms with E-state index in [1.54, 1.807) is 24.4 Å². The van der Waals surface area contributed by atoms with Gasteiger partial charge in [0.15, 0.2) is 0 Å². The van der Waals surface area contributed by atoms with E-state index in [9.17, 15) is 13.2 Å². The molecule has 1 amide bonds. The standard InChI is InChI=1S/C14H20N2O4S/c1-20-10-12-8-15-7-11-9-16(5-3-13(11)12)14(17)4-6-21(2,18)19/h7-8H,3-6,9-10H2,1-2H3. The number of rotatable bonds is 5. The SMILES string of the molecule is COCc1cncc2c1CCN(C(=O)CCS(C)(=O)=O)C2. The highest BCUT2D eigenvalue weighted by Crippen LogP contribution is 2.22. The molecule has 7 heteroatoms. The summed E-state index contributed by atoms with van der Waals surface area (Å²) >= 11 is 0. The van der Waals surface area contributed by atoms with Gasteiger partial charge in [-0.3, -0.25) is 9.78 Å². The van der Waals surface area contributed by atoms with Crippen LogP contribution in [0.3, 0.4) is 0 Å². The van der Waals surface area contributed by atoms with Crippen LogP contribution in [0, 0.1) is 0 Å². The lowest BCUT2D eigenvalue weighted by Gasteiger charge is -2.29. The Balaban J connectivity index is 2.06. The summed E-state index contributed by atoms with van der Waals surface area (Å²) in [6, 6.07) is 0. The van der Waals surface area contributed by atoms with Crippen LogP contribution in [0.2, 0.25) is 0 Å². The summed E-state index contributed by atoms with van der Waals surface area (Å²) in [4.78, 5) is 18.0. The van der Waals surface area contributed by atoms with Crippen molar-refractivity contribution in [3.8, 4) is 0 Å². The Bertz CT molecular complexity index is 628. The summed E-state index contributed by atoms with van der Waals surface area (Å²) < 4.78 is 27.4. The maximum atomic E-state index is 12.1. The Labute approximate surface area is 125 Å². The predicted octanol–water partition coefficient (Wildman–Crippen LogP) is 0.547. The number of methoxy groups -OCH3 is 1. The summed E-state index contributed by atoms with van der Waals surface area (Å²) in [5.41, 5.74) is 3.26. The number of sulfone groups is 1. The van der Waals surface area contributed by atoms with Crippen LogP contribution in [0.5, 0.6) is 0 Å². The molecule has 0 atom stereocenters. The van der Waals surface area contributed by atoms with Crippen LogP contribution in [-0.4, -0.2) is 49.9 Å². The van der Waals surface area contributed by atoms with E-state index >= 15 is 0 Å². The van der Waals surface area contributed by atoms with Crippen LogP contribution >= 0.6 is 0 Å². The molecule has 21 heavy (non-hydrogen) atoms. The number of carbonyl (C=O) groups excluding carboxylic acids is 1. The number of hydrogen-bond donors (Lipinski definition) is 0. The molecule has 0 aromatic carbocycles. The Hall–Kier alpha value is -1.47. The minimum absolute atomic E-state index is 0.0410. The molecule has 2 heterocycles. The van der Waals surface area contributed by atoms with Crippen molar-refractivity contribution in [3.63, 3.8) is 0 Å². The molecule has 0 saturated heterocycles. The van der Waals surface area contributed by atoms with Gasteiger partial charge in [0.05, 0.1) is 12.4 Å². The number of hydrogen-bond acceptors (Lipinski definition) is 5. The summed E-state index contributed by atoms with van der Waals surface area (Å²) in [7, 11) is -1.47. The third-order valence-corrected chi connectivity index (χ3v) is 4.51. The first-order chi connectivity index (χ1) is 9.90. The molecule has 0 radical (unpaired) electrons. The lowest BCUT2D eigenvalue weighted by atomic mass is 9.97. The first-order valence-corrected chi connectivity index (χ1v) is 8.86. The van der Waals surface area contributed by atoms with Crippen LogP contribution in [-0.2, 0) is 38.9 Å². The highest BCUT2D eigenvalue weighted by molar-refractivity contribution is 7.90. The molecule has 0 fully saturated rings. The van der Waals surface area contributed by atoms with E-state index in [4.69, 9.17) is 4.74 Å². The van der Waals surface area contributed by atoms with E-state index < -0.39 is 9.84 Å². The molecule has 116 valence electrons. The fourth-order valence-electron chi connectivity index (χ4n) is 2.49. The molecule has 0 N–H and O–H groups in total. The van der Waals surface area contributed by atoms with Crippen molar-refractivity contribution < 1.29 is 17.9 Å². The summed E-state index contributed by atoms with van der Waals surface area (Å²) in [5, 5.41) is 0. The fraction of sp³-hybridized carbons (Fsp3) is 0.571. The second kappa shape index (κ2) is 6.53. The van der Waals surface area contributed by atoms with Gasteiger partial charge in [0, 0.05) is 45.3 Å². The Morgan fingerprint density at radius 2 is 2.19 bits per heavy atom. The average molecular weight is 312 g/mol. The number of amides is 1. The molecule has 0 saturated carbocycles. The molecule has 0 unspecified atom stereocenters. The highest BCUT2D eigenvalue weighted by atomic mass is 32.2. The normalized spacial score (nSPS) is 14.9. The topological polar surface area (TPSA) is 76.6 Å². The van der Waals surface area contributed by atoms with E-state index in [1.807, 2.05) is 0 Å². The summed E-state index contributed by atoms with van der Waals surface area (Å²) in [6.45, 7) is 1.61. The number of nitrogens with zero attached hydrogens (tertiary/aromatic N) is 2. The van der Waals surface area contributed by atoms with Gasteiger partial charge in [-0.25, -0.2) is 8.42 Å². The monoisotopic (exact) mass is 312 g/mol. The van der Waals surface area contributed by atoms with Crippen molar-refractivity contribution in [1.82, 2.24) is 9.88 Å². The minimum atomic E-state index is -3.11. The van der Waals surface area contributed by atoms with E-state index in [-0.39, 0.29) is 18.1 Å². The number of fused-ring (bicyclic) bond motifs is 1. The average Bonchev–Trinajstić information content (AvgIpc) is 2.44. The zero-order valence-electron chi connectivity index (χ0n) is 12.3. The van der Waals surface area contributed by atoms with Crippen molar-refractivity contribution in [2.45, 2.75) is 26.0 Å². The Kier molecular flexibility index (Phi) is 4.95. The van der Waals surface area contributed by atoms with Crippen LogP contribution < -0.4 is 0 Å². The molecule has 6 nitrogen and oxygen atoms in total. The molecular formula is C14H20N2O4S. The number of ether oxygens (including phenoxy) is 1. The summed E-state index contributed by atoms with van der Waals surface area (Å²) in [5.74, 6) is -0.222. The maximum absolute atomic E-state index is 12.1. The molecule has 0 bridgehead atoms. The minimum Gasteiger partial charge on any atom is -0.380 e. The first kappa shape index (κ1) is 15.9. The lowest BCUT2D eigenvalue weighted by molar-refractivity contribution is -0.131. The van der Waals surface area contributed by atoms with E-state index in [0.29, 0.717) is 19.7 Å². The van der Waals surface area contributed by atoms with Crippen LogP contribution in [0.25, 0.3) is 0 Å². The predicted molar refractivity (Wildman–Crippen MR) is 78.4 cm³/mol. The van der Waals surface area contributed by atoms with Crippen LogP contribution in [0.15, 0.2) is 12.4 Å². The number of aromatic nitrogens is 1. The molecule has 2 rings (SSSR count). The second-order valence-corrected chi connectivity index (χ2v) is 7.57. The molecule has 1 aliphatic heterocycles. The largest absolute Gasteiger partial charge is 0.380 e. The molecule has 1 aromatic rings. The zero-order chi connectivity index (χ0) is 15.5. The van der Waals surface area contributed by atoms with Crippen LogP contribution in [0.1, 0.15) is 23.1 Å². The summed E-state index contributed by atoms with van der Waals surface area (Å²) in [6.07, 6.45) is 5.50. The van der Waals surface area contributed by atoms with Gasteiger partial charge in [-0.1, -0.05) is 0 Å². The van der Waals surface area contributed by atoms with Gasteiger partial charge in [-0.2, -0.15) is 0 Å². The van der Waals surface area contributed by atoms with E-state index in [0.717, 1.165) is 23.8 Å². The van der Waals surface area contributed by atoms with Crippen molar-refractivity contribution in [2.75, 3.05) is 25.7 Å². The number of pyridine rings is 1. The highest BCUT2D eigenvalue weighted by Gasteiger charge is 2.23. The zero-order valence-corrected chi connectivity index (χ0v) is 13.1. The molecule has 0 spiro atoms. The maximum Gasteiger partial charge on any atom is 0.223 e. The quantitative estimate of drug-likeness (QED) is 0.793. The lowest BCUT2D eigenvalue weighted by Crippen LogP contribution is -2.37. The van der Waals surface area contributed by atoms with Crippen molar-refractivity contribution >= 4 is 15.7 Å². The van der Waals surface area contributed by atoms with Crippen molar-refractivity contribution in [2.24, 2.45) is 0 Å². The molecule has 1 aromatic heterocycles. The van der Waals surface area contributed by atoms with Gasteiger partial charge in [0.1, 0.15) is 9.84 Å². The molecular weight excluding hydrogens is 292 g/mol. The van der Waals surface area contributed by atoms with Gasteiger partial charge >= 0.3 is 0 Å². The first-order valence-electron chi connectivity index (χ1n) is 6.80.